The summed E-state index contributed by atoms with van der Waals surface area (Å²) in [5, 5.41) is 10.8. The lowest BCUT2D eigenvalue weighted by Gasteiger charge is -2.33. The van der Waals surface area contributed by atoms with Crippen LogP contribution >= 0.6 is 0 Å². The first-order valence-electron chi connectivity index (χ1n) is 9.09. The first-order chi connectivity index (χ1) is 13.5. The number of nitrogens with zero attached hydrogens (tertiary/aromatic N) is 2. The van der Waals surface area contributed by atoms with E-state index in [1.165, 1.54) is 18.2 Å². The molecule has 0 aliphatic carbocycles. The van der Waals surface area contributed by atoms with Crippen LogP contribution in [-0.2, 0) is 14.8 Å². The number of non-ortho nitro benzene ring substituents is 1. The van der Waals surface area contributed by atoms with Crippen LogP contribution in [0.1, 0.15) is 18.1 Å². The molecular formula is C19H23N3O5S. The van der Waals surface area contributed by atoms with Crippen LogP contribution in [0.3, 0.4) is 0 Å². The topological polar surface area (TPSA) is 102 Å². The number of ether oxygens (including phenoxy) is 1. The zero-order valence-corrected chi connectivity index (χ0v) is 16.2. The summed E-state index contributed by atoms with van der Waals surface area (Å²) >= 11 is 0. The van der Waals surface area contributed by atoms with Gasteiger partial charge in [0, 0.05) is 31.8 Å². The lowest BCUT2D eigenvalue weighted by atomic mass is 10.1. The minimum Gasteiger partial charge on any atom is -0.371 e. The van der Waals surface area contributed by atoms with E-state index in [4.69, 9.17) is 4.74 Å². The van der Waals surface area contributed by atoms with Gasteiger partial charge in [-0.1, -0.05) is 36.4 Å². The monoisotopic (exact) mass is 405 g/mol. The first-order valence-corrected chi connectivity index (χ1v) is 10.6. The van der Waals surface area contributed by atoms with Gasteiger partial charge in [0.15, 0.2) is 0 Å². The van der Waals surface area contributed by atoms with E-state index in [0.29, 0.717) is 13.0 Å². The van der Waals surface area contributed by atoms with Gasteiger partial charge in [-0.25, -0.2) is 13.1 Å². The Balaban J connectivity index is 1.48. The molecule has 0 saturated carbocycles. The summed E-state index contributed by atoms with van der Waals surface area (Å²) < 4.78 is 33.0. The van der Waals surface area contributed by atoms with Gasteiger partial charge in [-0.2, -0.15) is 0 Å². The maximum Gasteiger partial charge on any atom is 0.270 e. The summed E-state index contributed by atoms with van der Waals surface area (Å²) in [6.07, 6.45) is 0.659. The third kappa shape index (κ3) is 5.35. The van der Waals surface area contributed by atoms with Crippen LogP contribution in [-0.4, -0.2) is 51.0 Å². The van der Waals surface area contributed by atoms with Crippen molar-refractivity contribution < 1.29 is 18.1 Å². The quantitative estimate of drug-likeness (QED) is 0.411. The molecule has 0 aromatic heterocycles. The molecule has 9 heteroatoms. The van der Waals surface area contributed by atoms with Gasteiger partial charge in [0.1, 0.15) is 0 Å². The molecule has 1 aliphatic heterocycles. The number of hydrogen-bond acceptors (Lipinski definition) is 6. The van der Waals surface area contributed by atoms with Crippen molar-refractivity contribution in [1.82, 2.24) is 9.62 Å². The predicted molar refractivity (Wildman–Crippen MR) is 104 cm³/mol. The average Bonchev–Trinajstić information content (AvgIpc) is 2.72. The maximum absolute atomic E-state index is 12.3. The Morgan fingerprint density at radius 3 is 2.71 bits per heavy atom. The van der Waals surface area contributed by atoms with Crippen molar-refractivity contribution in [2.45, 2.75) is 17.4 Å². The van der Waals surface area contributed by atoms with Gasteiger partial charge in [0.2, 0.25) is 10.0 Å². The van der Waals surface area contributed by atoms with E-state index in [2.05, 4.69) is 9.62 Å². The molecule has 0 spiro atoms. The van der Waals surface area contributed by atoms with E-state index in [0.717, 1.165) is 31.3 Å². The lowest BCUT2D eigenvalue weighted by Crippen LogP contribution is -2.39. The van der Waals surface area contributed by atoms with Crippen molar-refractivity contribution in [3.8, 4) is 0 Å². The smallest absolute Gasteiger partial charge is 0.270 e. The van der Waals surface area contributed by atoms with Crippen LogP contribution in [0.25, 0.3) is 0 Å². The number of hydrogen-bond donors (Lipinski definition) is 1. The van der Waals surface area contributed by atoms with Crippen molar-refractivity contribution in [2.24, 2.45) is 0 Å². The van der Waals surface area contributed by atoms with E-state index in [1.807, 2.05) is 30.3 Å². The molecule has 3 rings (SSSR count). The van der Waals surface area contributed by atoms with Crippen molar-refractivity contribution in [1.29, 1.82) is 0 Å². The van der Waals surface area contributed by atoms with Gasteiger partial charge in [-0.15, -0.1) is 0 Å². The Morgan fingerprint density at radius 2 is 1.96 bits per heavy atom. The van der Waals surface area contributed by atoms with Crippen molar-refractivity contribution in [3.05, 3.63) is 70.3 Å². The molecule has 1 saturated heterocycles. The Bertz CT molecular complexity index is 905. The Labute approximate surface area is 164 Å². The van der Waals surface area contributed by atoms with Crippen molar-refractivity contribution in [2.75, 3.05) is 32.8 Å². The summed E-state index contributed by atoms with van der Waals surface area (Å²) in [5.41, 5.74) is 0.890. The molecule has 1 atom stereocenters. The van der Waals surface area contributed by atoms with Crippen LogP contribution < -0.4 is 4.72 Å². The lowest BCUT2D eigenvalue weighted by molar-refractivity contribution is -0.385. The van der Waals surface area contributed by atoms with Gasteiger partial charge in [-0.3, -0.25) is 15.0 Å². The fourth-order valence-electron chi connectivity index (χ4n) is 3.13. The molecule has 2 aromatic carbocycles. The summed E-state index contributed by atoms with van der Waals surface area (Å²) in [6.45, 7) is 3.21. The van der Waals surface area contributed by atoms with Crippen molar-refractivity contribution in [3.63, 3.8) is 0 Å². The minimum atomic E-state index is -3.77. The minimum absolute atomic E-state index is 0.0245. The number of benzene rings is 2. The van der Waals surface area contributed by atoms with Crippen LogP contribution in [0.15, 0.2) is 59.5 Å². The molecule has 1 aliphatic rings. The molecule has 1 N–H and O–H groups in total. The zero-order valence-electron chi connectivity index (χ0n) is 15.4. The largest absolute Gasteiger partial charge is 0.371 e. The summed E-state index contributed by atoms with van der Waals surface area (Å²) in [4.78, 5) is 12.4. The second kappa shape index (κ2) is 9.24. The van der Waals surface area contributed by atoms with Gasteiger partial charge >= 0.3 is 0 Å². The van der Waals surface area contributed by atoms with Gasteiger partial charge in [0.25, 0.3) is 5.69 Å². The van der Waals surface area contributed by atoms with E-state index < -0.39 is 14.9 Å². The highest BCUT2D eigenvalue weighted by Crippen LogP contribution is 2.22. The third-order valence-electron chi connectivity index (χ3n) is 4.60. The SMILES string of the molecule is O=[N+]([O-])c1cccc(S(=O)(=O)NCCCN2CCOC(c3ccccc3)C2)c1. The molecule has 1 unspecified atom stereocenters. The van der Waals surface area contributed by atoms with Gasteiger partial charge < -0.3 is 4.74 Å². The molecule has 28 heavy (non-hydrogen) atoms. The predicted octanol–water partition coefficient (Wildman–Crippen LogP) is 2.34. The van der Waals surface area contributed by atoms with Crippen LogP contribution in [0.2, 0.25) is 0 Å². The highest BCUT2D eigenvalue weighted by molar-refractivity contribution is 7.89. The molecule has 2 aromatic rings. The summed E-state index contributed by atoms with van der Waals surface area (Å²) in [5.74, 6) is 0. The third-order valence-corrected chi connectivity index (χ3v) is 6.06. The maximum atomic E-state index is 12.3. The number of morpholine rings is 1. The zero-order chi connectivity index (χ0) is 20.0. The summed E-state index contributed by atoms with van der Waals surface area (Å²) in [7, 11) is -3.77. The van der Waals surface area contributed by atoms with Crippen LogP contribution in [0, 0.1) is 10.1 Å². The number of nitro benzene ring substituents is 1. The van der Waals surface area contributed by atoms with E-state index >= 15 is 0 Å². The summed E-state index contributed by atoms with van der Waals surface area (Å²) in [6, 6.07) is 15.1. The first kappa shape index (κ1) is 20.4. The molecule has 150 valence electrons. The Hall–Kier alpha value is -2.33. The van der Waals surface area contributed by atoms with Gasteiger partial charge in [-0.05, 0) is 24.6 Å². The Morgan fingerprint density at radius 1 is 1.18 bits per heavy atom. The van der Waals surface area contributed by atoms with E-state index in [1.54, 1.807) is 0 Å². The number of nitro groups is 1. The molecule has 1 fully saturated rings. The normalized spacial score (nSPS) is 18.1. The number of rotatable bonds is 8. The average molecular weight is 405 g/mol. The number of sulfonamides is 1. The Kier molecular flexibility index (Phi) is 6.74. The molecule has 0 bridgehead atoms. The fraction of sp³-hybridized carbons (Fsp3) is 0.368. The van der Waals surface area contributed by atoms with Gasteiger partial charge in [0.05, 0.1) is 22.5 Å². The highest BCUT2D eigenvalue weighted by Gasteiger charge is 2.22. The highest BCUT2D eigenvalue weighted by atomic mass is 32.2. The standard InChI is InChI=1S/C19H23N3O5S/c23-22(24)17-8-4-9-18(14-17)28(25,26)20-10-5-11-21-12-13-27-19(15-21)16-6-2-1-3-7-16/h1-4,6-9,14,19-20H,5,10-13,15H2. The van der Waals surface area contributed by atoms with E-state index in [-0.39, 0.29) is 23.2 Å². The molecule has 8 nitrogen and oxygen atoms in total. The fourth-order valence-corrected chi connectivity index (χ4v) is 4.25. The number of nitrogens with one attached hydrogen (secondary N) is 1. The second-order valence-electron chi connectivity index (χ2n) is 6.58. The van der Waals surface area contributed by atoms with E-state index in [9.17, 15) is 18.5 Å². The van der Waals surface area contributed by atoms with Crippen LogP contribution in [0.5, 0.6) is 0 Å². The molecule has 0 radical (unpaired) electrons. The van der Waals surface area contributed by atoms with Crippen molar-refractivity contribution >= 4 is 15.7 Å². The molecular weight excluding hydrogens is 382 g/mol. The molecule has 0 amide bonds. The molecule has 1 heterocycles. The van der Waals surface area contributed by atoms with Crippen LogP contribution in [0.4, 0.5) is 5.69 Å². The second-order valence-corrected chi connectivity index (χ2v) is 8.34.